The second-order valence-electron chi connectivity index (χ2n) is 5.52. The summed E-state index contributed by atoms with van der Waals surface area (Å²) in [6, 6.07) is 7.23. The highest BCUT2D eigenvalue weighted by atomic mass is 127. The van der Waals surface area contributed by atoms with Crippen molar-refractivity contribution in [2.24, 2.45) is 4.99 Å². The Bertz CT molecular complexity index is 583. The molecule has 1 aromatic rings. The van der Waals surface area contributed by atoms with E-state index in [9.17, 15) is 9.59 Å². The molecule has 2 amide bonds. The van der Waals surface area contributed by atoms with Crippen molar-refractivity contribution in [3.8, 4) is 0 Å². The van der Waals surface area contributed by atoms with Crippen LogP contribution in [0.15, 0.2) is 29.3 Å². The second kappa shape index (κ2) is 9.61. The minimum atomic E-state index is -0.235. The number of carbonyl (C=O) groups excluding carboxylic acids is 2. The number of hydrogen-bond donors (Lipinski definition) is 2. The molecule has 0 saturated carbocycles. The standard InChI is InChI=1S/C17H24N4O2.HI/c1-4-12(3)20-17(18-5-2)19-10-11-21-15(22)13-8-6-7-9-14(13)16(21)23;/h6-9,12H,4-5,10-11H2,1-3H3,(H2,18,19,20);1H. The number of halogens is 1. The normalized spacial score (nSPS) is 15.0. The maximum absolute atomic E-state index is 12.3. The number of rotatable bonds is 6. The first-order chi connectivity index (χ1) is 11.1. The van der Waals surface area contributed by atoms with Gasteiger partial charge in [0.05, 0.1) is 17.7 Å². The molecule has 6 nitrogen and oxygen atoms in total. The van der Waals surface area contributed by atoms with Crippen LogP contribution in [0.3, 0.4) is 0 Å². The predicted octanol–water partition coefficient (Wildman–Crippen LogP) is 2.25. The number of nitrogens with one attached hydrogen (secondary N) is 2. The van der Waals surface area contributed by atoms with E-state index in [2.05, 4.69) is 29.5 Å². The first-order valence-electron chi connectivity index (χ1n) is 8.08. The van der Waals surface area contributed by atoms with Crippen molar-refractivity contribution in [2.45, 2.75) is 33.2 Å². The number of carbonyl (C=O) groups is 2. The van der Waals surface area contributed by atoms with Gasteiger partial charge in [-0.05, 0) is 32.4 Å². The number of aliphatic imine (C=N–C) groups is 1. The Morgan fingerprint density at radius 3 is 2.25 bits per heavy atom. The van der Waals surface area contributed by atoms with E-state index in [0.717, 1.165) is 13.0 Å². The third-order valence-electron chi connectivity index (χ3n) is 3.81. The van der Waals surface area contributed by atoms with Crippen molar-refractivity contribution in [2.75, 3.05) is 19.6 Å². The SMILES string of the molecule is CCNC(=NCCN1C(=O)c2ccccc2C1=O)NC(C)CC.I. The molecular weight excluding hydrogens is 419 g/mol. The van der Waals surface area contributed by atoms with E-state index >= 15 is 0 Å². The molecule has 0 fully saturated rings. The Morgan fingerprint density at radius 1 is 1.17 bits per heavy atom. The Labute approximate surface area is 160 Å². The minimum absolute atomic E-state index is 0. The zero-order valence-electron chi connectivity index (χ0n) is 14.3. The third-order valence-corrected chi connectivity index (χ3v) is 3.81. The van der Waals surface area contributed by atoms with Crippen LogP contribution in [-0.4, -0.2) is 48.3 Å². The van der Waals surface area contributed by atoms with Crippen LogP contribution in [0.5, 0.6) is 0 Å². The highest BCUT2D eigenvalue weighted by molar-refractivity contribution is 14.0. The Morgan fingerprint density at radius 2 is 1.75 bits per heavy atom. The van der Waals surface area contributed by atoms with E-state index in [1.54, 1.807) is 24.3 Å². The molecule has 1 aliphatic heterocycles. The summed E-state index contributed by atoms with van der Waals surface area (Å²) in [5, 5.41) is 6.45. The monoisotopic (exact) mass is 444 g/mol. The summed E-state index contributed by atoms with van der Waals surface area (Å²) in [5.41, 5.74) is 0.956. The number of imide groups is 1. The topological polar surface area (TPSA) is 73.8 Å². The van der Waals surface area contributed by atoms with E-state index in [1.807, 2.05) is 6.92 Å². The van der Waals surface area contributed by atoms with Gasteiger partial charge in [-0.25, -0.2) is 0 Å². The summed E-state index contributed by atoms with van der Waals surface area (Å²) < 4.78 is 0. The molecule has 1 aromatic carbocycles. The van der Waals surface area contributed by atoms with Gasteiger partial charge in [-0.1, -0.05) is 19.1 Å². The lowest BCUT2D eigenvalue weighted by Crippen LogP contribution is -2.42. The molecule has 0 aliphatic carbocycles. The van der Waals surface area contributed by atoms with Crippen molar-refractivity contribution in [3.05, 3.63) is 35.4 Å². The largest absolute Gasteiger partial charge is 0.357 e. The molecule has 0 saturated heterocycles. The molecule has 1 unspecified atom stereocenters. The number of hydrogen-bond acceptors (Lipinski definition) is 3. The average molecular weight is 444 g/mol. The molecule has 0 spiro atoms. The Kier molecular flexibility index (Phi) is 8.17. The summed E-state index contributed by atoms with van der Waals surface area (Å²) >= 11 is 0. The average Bonchev–Trinajstić information content (AvgIpc) is 2.80. The smallest absolute Gasteiger partial charge is 0.261 e. The van der Waals surface area contributed by atoms with Crippen molar-refractivity contribution in [1.29, 1.82) is 0 Å². The van der Waals surface area contributed by atoms with E-state index < -0.39 is 0 Å². The fourth-order valence-corrected chi connectivity index (χ4v) is 2.36. The fourth-order valence-electron chi connectivity index (χ4n) is 2.36. The van der Waals surface area contributed by atoms with Gasteiger partial charge in [0.2, 0.25) is 0 Å². The Balaban J connectivity index is 0.00000288. The maximum Gasteiger partial charge on any atom is 0.261 e. The van der Waals surface area contributed by atoms with Crippen molar-refractivity contribution < 1.29 is 9.59 Å². The number of nitrogens with zero attached hydrogens (tertiary/aromatic N) is 2. The molecule has 0 aromatic heterocycles. The van der Waals surface area contributed by atoms with Gasteiger partial charge >= 0.3 is 0 Å². The van der Waals surface area contributed by atoms with E-state index in [1.165, 1.54) is 4.90 Å². The lowest BCUT2D eigenvalue weighted by atomic mass is 10.1. The molecule has 0 radical (unpaired) electrons. The van der Waals surface area contributed by atoms with E-state index in [4.69, 9.17) is 0 Å². The lowest BCUT2D eigenvalue weighted by molar-refractivity contribution is 0.0659. The van der Waals surface area contributed by atoms with Crippen LogP contribution in [-0.2, 0) is 0 Å². The molecule has 24 heavy (non-hydrogen) atoms. The van der Waals surface area contributed by atoms with Crippen molar-refractivity contribution in [3.63, 3.8) is 0 Å². The van der Waals surface area contributed by atoms with E-state index in [0.29, 0.717) is 29.7 Å². The molecule has 1 aliphatic rings. The van der Waals surface area contributed by atoms with Gasteiger partial charge in [0.1, 0.15) is 0 Å². The molecule has 7 heteroatoms. The van der Waals surface area contributed by atoms with Gasteiger partial charge in [-0.3, -0.25) is 19.5 Å². The summed E-state index contributed by atoms with van der Waals surface area (Å²) in [6.45, 7) is 7.59. The van der Waals surface area contributed by atoms with Gasteiger partial charge in [0, 0.05) is 19.1 Å². The number of benzene rings is 1. The molecule has 132 valence electrons. The van der Waals surface area contributed by atoms with Crippen LogP contribution in [0.4, 0.5) is 0 Å². The Hall–Kier alpha value is -1.64. The van der Waals surface area contributed by atoms with E-state index in [-0.39, 0.29) is 42.3 Å². The quantitative estimate of drug-likeness (QED) is 0.306. The van der Waals surface area contributed by atoms with Gasteiger partial charge in [0.25, 0.3) is 11.8 Å². The van der Waals surface area contributed by atoms with Crippen LogP contribution < -0.4 is 10.6 Å². The summed E-state index contributed by atoms with van der Waals surface area (Å²) in [4.78, 5) is 30.2. The predicted molar refractivity (Wildman–Crippen MR) is 106 cm³/mol. The number of fused-ring (bicyclic) bond motifs is 1. The summed E-state index contributed by atoms with van der Waals surface area (Å²) in [6.07, 6.45) is 0.989. The first kappa shape index (κ1) is 20.4. The van der Waals surface area contributed by atoms with Crippen LogP contribution in [0, 0.1) is 0 Å². The minimum Gasteiger partial charge on any atom is -0.357 e. The van der Waals surface area contributed by atoms with Gasteiger partial charge in [-0.15, -0.1) is 24.0 Å². The fraction of sp³-hybridized carbons (Fsp3) is 0.471. The van der Waals surface area contributed by atoms with Crippen LogP contribution in [0.25, 0.3) is 0 Å². The van der Waals surface area contributed by atoms with Gasteiger partial charge in [-0.2, -0.15) is 0 Å². The van der Waals surface area contributed by atoms with Crippen molar-refractivity contribution >= 4 is 41.8 Å². The third kappa shape index (κ3) is 4.68. The zero-order chi connectivity index (χ0) is 16.8. The molecule has 2 N–H and O–H groups in total. The summed E-state index contributed by atoms with van der Waals surface area (Å²) in [5.74, 6) is 0.236. The highest BCUT2D eigenvalue weighted by Gasteiger charge is 2.34. The molecular formula is C17H25IN4O2. The number of guanidine groups is 1. The van der Waals surface area contributed by atoms with Crippen LogP contribution in [0.2, 0.25) is 0 Å². The molecule has 2 rings (SSSR count). The highest BCUT2D eigenvalue weighted by Crippen LogP contribution is 2.21. The molecule has 1 atom stereocenters. The second-order valence-corrected chi connectivity index (χ2v) is 5.52. The van der Waals surface area contributed by atoms with Crippen molar-refractivity contribution in [1.82, 2.24) is 15.5 Å². The maximum atomic E-state index is 12.3. The molecule has 0 bridgehead atoms. The zero-order valence-corrected chi connectivity index (χ0v) is 16.7. The van der Waals surface area contributed by atoms with Gasteiger partial charge < -0.3 is 10.6 Å². The lowest BCUT2D eigenvalue weighted by Gasteiger charge is -2.17. The molecule has 1 heterocycles. The first-order valence-corrected chi connectivity index (χ1v) is 8.08. The number of amides is 2. The summed E-state index contributed by atoms with van der Waals surface area (Å²) in [7, 11) is 0. The van der Waals surface area contributed by atoms with Gasteiger partial charge in [0.15, 0.2) is 5.96 Å². The van der Waals surface area contributed by atoms with Crippen LogP contribution >= 0.6 is 24.0 Å². The van der Waals surface area contributed by atoms with Crippen LogP contribution in [0.1, 0.15) is 47.9 Å².